The zero-order valence-corrected chi connectivity index (χ0v) is 19.2. The molecule has 0 radical (unpaired) electrons. The highest BCUT2D eigenvalue weighted by molar-refractivity contribution is 7.14. The zero-order chi connectivity index (χ0) is 20.8. The molecule has 6 heteroatoms. The maximum atomic E-state index is 4.42. The highest BCUT2D eigenvalue weighted by Gasteiger charge is 2.12. The number of nitrogens with zero attached hydrogens (tertiary/aromatic N) is 4. The van der Waals surface area contributed by atoms with Crippen LogP contribution < -0.4 is 21.9 Å². The number of aromatic nitrogens is 1. The number of rotatable bonds is 7. The van der Waals surface area contributed by atoms with E-state index in [1.807, 2.05) is 23.7 Å². The Balaban J connectivity index is 0.00000272. The van der Waals surface area contributed by atoms with E-state index in [9.17, 15) is 0 Å². The van der Waals surface area contributed by atoms with Gasteiger partial charge in [-0.25, -0.2) is 4.57 Å². The molecule has 0 spiro atoms. The zero-order valence-electron chi connectivity index (χ0n) is 17.6. The lowest BCUT2D eigenvalue weighted by Crippen LogP contribution is -3.00. The molecule has 0 amide bonds. The Hall–Kier alpha value is -3.02. The van der Waals surface area contributed by atoms with Crippen molar-refractivity contribution in [2.24, 2.45) is 17.3 Å². The molecule has 0 saturated heterocycles. The summed E-state index contributed by atoms with van der Waals surface area (Å²) in [7, 11) is 1.99. The van der Waals surface area contributed by atoms with Crippen LogP contribution in [0, 0.1) is 6.92 Å². The average molecular weight is 449 g/mol. The van der Waals surface area contributed by atoms with Crippen LogP contribution in [0.25, 0.3) is 0 Å². The summed E-state index contributed by atoms with van der Waals surface area (Å²) in [6.45, 7) is 3.77. The molecule has 0 aliphatic carbocycles. The lowest BCUT2D eigenvalue weighted by molar-refractivity contribution is -0.654. The van der Waals surface area contributed by atoms with E-state index in [4.69, 9.17) is 0 Å². The minimum Gasteiger partial charge on any atom is -1.00 e. The summed E-state index contributed by atoms with van der Waals surface area (Å²) in [6, 6.07) is 29.5. The molecule has 31 heavy (non-hydrogen) atoms. The number of thiazole rings is 1. The first-order valence-electron chi connectivity index (χ1n) is 9.98. The Labute approximate surface area is 193 Å². The van der Waals surface area contributed by atoms with Crippen LogP contribution in [0.1, 0.15) is 16.0 Å². The van der Waals surface area contributed by atoms with E-state index in [1.165, 1.54) is 21.7 Å². The van der Waals surface area contributed by atoms with Gasteiger partial charge < -0.3 is 17.3 Å². The molecule has 4 nitrogen and oxygen atoms in total. The van der Waals surface area contributed by atoms with Gasteiger partial charge in [-0.1, -0.05) is 60.7 Å². The summed E-state index contributed by atoms with van der Waals surface area (Å²) >= 11 is 1.64. The first kappa shape index (κ1) is 22.7. The fourth-order valence-corrected chi connectivity index (χ4v) is 4.12. The molecule has 0 unspecified atom stereocenters. The third-order valence-corrected chi connectivity index (χ3v) is 5.81. The highest BCUT2D eigenvalue weighted by Crippen LogP contribution is 2.26. The summed E-state index contributed by atoms with van der Waals surface area (Å²) < 4.78 is 2.00. The quantitative estimate of drug-likeness (QED) is 0.314. The van der Waals surface area contributed by atoms with Crippen LogP contribution in [0.2, 0.25) is 0 Å². The molecular weight excluding hydrogens is 424 g/mol. The number of hydrogen-bond donors (Lipinski definition) is 0. The molecule has 0 saturated carbocycles. The van der Waals surface area contributed by atoms with Gasteiger partial charge in [-0.05, 0) is 58.8 Å². The van der Waals surface area contributed by atoms with Gasteiger partial charge >= 0.3 is 5.13 Å². The number of aryl methyl sites for hydroxylation is 2. The molecule has 1 heterocycles. The van der Waals surface area contributed by atoms with E-state index < -0.39 is 0 Å². The van der Waals surface area contributed by atoms with E-state index in [1.54, 1.807) is 11.3 Å². The van der Waals surface area contributed by atoms with Crippen molar-refractivity contribution in [3.8, 4) is 0 Å². The van der Waals surface area contributed by atoms with Gasteiger partial charge in [0.1, 0.15) is 11.9 Å². The van der Waals surface area contributed by atoms with Crippen molar-refractivity contribution in [3.05, 3.63) is 107 Å². The third kappa shape index (κ3) is 6.23. The second-order valence-electron chi connectivity index (χ2n) is 7.28. The molecule has 0 aliphatic heterocycles. The number of hydrogen-bond acceptors (Lipinski definition) is 4. The molecule has 1 aromatic heterocycles. The van der Waals surface area contributed by atoms with Gasteiger partial charge in [-0.15, -0.1) is 0 Å². The molecule has 4 rings (SSSR count). The van der Waals surface area contributed by atoms with Gasteiger partial charge in [-0.2, -0.15) is 0 Å². The largest absolute Gasteiger partial charge is 1.00 e. The Kier molecular flexibility index (Phi) is 7.93. The van der Waals surface area contributed by atoms with E-state index >= 15 is 0 Å². The van der Waals surface area contributed by atoms with E-state index in [-0.39, 0.29) is 12.4 Å². The number of anilines is 1. The molecule has 158 valence electrons. The molecule has 0 bridgehead atoms. The molecule has 0 fully saturated rings. The Bertz CT molecular complexity index is 1070. The maximum Gasteiger partial charge on any atom is 0.408 e. The average Bonchev–Trinajstić information content (AvgIpc) is 3.10. The first-order valence-corrected chi connectivity index (χ1v) is 10.8. The van der Waals surface area contributed by atoms with Crippen molar-refractivity contribution in [1.29, 1.82) is 0 Å². The van der Waals surface area contributed by atoms with Crippen molar-refractivity contribution in [2.75, 3.05) is 4.90 Å². The Morgan fingerprint density at radius 3 is 1.81 bits per heavy atom. The minimum absolute atomic E-state index is 0. The topological polar surface area (TPSA) is 31.8 Å². The summed E-state index contributed by atoms with van der Waals surface area (Å²) in [5.41, 5.74) is 4.60. The van der Waals surface area contributed by atoms with Crippen molar-refractivity contribution in [1.82, 2.24) is 0 Å². The monoisotopic (exact) mass is 448 g/mol. The van der Waals surface area contributed by atoms with Crippen LogP contribution in [-0.2, 0) is 20.1 Å². The minimum atomic E-state index is 0. The van der Waals surface area contributed by atoms with Crippen LogP contribution in [0.4, 0.5) is 16.5 Å². The van der Waals surface area contributed by atoms with E-state index in [0.29, 0.717) is 0 Å². The molecule has 0 N–H and O–H groups in total. The van der Waals surface area contributed by atoms with Crippen LogP contribution >= 0.6 is 11.3 Å². The molecule has 4 aromatic rings. The standard InChI is InChI=1S/C25H25N4S.ClH/c1-20-17-28(2)25(30-20)27-26-23-13-15-24(16-14-23)29(18-21-9-5-3-6-10-21)19-22-11-7-4-8-12-22;/h3-17H,18-19H2,1-2H3;1H/q+1;/p-1. The maximum absolute atomic E-state index is 4.42. The van der Waals surface area contributed by atoms with Crippen LogP contribution in [0.5, 0.6) is 0 Å². The van der Waals surface area contributed by atoms with Crippen LogP contribution in [0.3, 0.4) is 0 Å². The van der Waals surface area contributed by atoms with Crippen molar-refractivity contribution < 1.29 is 17.0 Å². The van der Waals surface area contributed by atoms with Gasteiger partial charge in [0.2, 0.25) is 0 Å². The van der Waals surface area contributed by atoms with Crippen molar-refractivity contribution in [2.45, 2.75) is 20.0 Å². The molecule has 3 aromatic carbocycles. The van der Waals surface area contributed by atoms with E-state index in [0.717, 1.165) is 23.9 Å². The van der Waals surface area contributed by atoms with Crippen LogP contribution in [0.15, 0.2) is 101 Å². The SMILES string of the molecule is Cc1c[n+](C)c(N=Nc2ccc(N(Cc3ccccc3)Cc3ccccc3)cc2)s1.[Cl-]. The summed E-state index contributed by atoms with van der Waals surface area (Å²) in [5.74, 6) is 0. The van der Waals surface area contributed by atoms with E-state index in [2.05, 4.69) is 101 Å². The van der Waals surface area contributed by atoms with Gasteiger partial charge in [-0.3, -0.25) is 0 Å². The summed E-state index contributed by atoms with van der Waals surface area (Å²) in [6.07, 6.45) is 2.06. The highest BCUT2D eigenvalue weighted by atomic mass is 35.5. The molecular formula is C25H25ClN4S. The summed E-state index contributed by atoms with van der Waals surface area (Å²) in [5, 5.41) is 9.71. The smallest absolute Gasteiger partial charge is 0.408 e. The predicted molar refractivity (Wildman–Crippen MR) is 124 cm³/mol. The van der Waals surface area contributed by atoms with Gasteiger partial charge in [0.25, 0.3) is 0 Å². The molecule has 0 aliphatic rings. The second-order valence-corrected chi connectivity index (χ2v) is 8.49. The first-order chi connectivity index (χ1) is 14.7. The van der Waals surface area contributed by atoms with Gasteiger partial charge in [0, 0.05) is 23.7 Å². The van der Waals surface area contributed by atoms with Gasteiger partial charge in [0.15, 0.2) is 0 Å². The Morgan fingerprint density at radius 1 is 0.774 bits per heavy atom. The lowest BCUT2D eigenvalue weighted by Gasteiger charge is -2.25. The predicted octanol–water partition coefficient (Wildman–Crippen LogP) is 3.51. The fourth-order valence-electron chi connectivity index (χ4n) is 3.34. The van der Waals surface area contributed by atoms with Gasteiger partial charge in [0.05, 0.1) is 12.2 Å². The molecule has 0 atom stereocenters. The number of benzene rings is 3. The number of halogens is 1. The van der Waals surface area contributed by atoms with Crippen molar-refractivity contribution in [3.63, 3.8) is 0 Å². The lowest BCUT2D eigenvalue weighted by atomic mass is 10.1. The second kappa shape index (κ2) is 10.8. The Morgan fingerprint density at radius 2 is 1.32 bits per heavy atom. The fraction of sp³-hybridized carbons (Fsp3) is 0.160. The number of azo groups is 1. The van der Waals surface area contributed by atoms with Crippen LogP contribution in [-0.4, -0.2) is 0 Å². The third-order valence-electron chi connectivity index (χ3n) is 4.83. The summed E-state index contributed by atoms with van der Waals surface area (Å²) in [4.78, 5) is 3.60. The normalized spacial score (nSPS) is 10.8. The van der Waals surface area contributed by atoms with Crippen molar-refractivity contribution >= 4 is 27.8 Å².